The normalized spacial score (nSPS) is 17.1. The standard InChI is InChI=1S/C21H19F3N4O6S/c1-2-34-18(30)26-16-11-25-10-7-13(16)12-27-19(31)28(17(29)20(27)8-9-20)14-3-5-15(6-4-14)35(32,33)21(22,23)24/h3-7,10-11H,2,8-9,12H2,1H3,(H,26,30). The van der Waals surface area contributed by atoms with E-state index < -0.39 is 43.8 Å². The third-order valence-corrected chi connectivity index (χ3v) is 7.23. The van der Waals surface area contributed by atoms with Crippen LogP contribution in [-0.2, 0) is 25.9 Å². The summed E-state index contributed by atoms with van der Waals surface area (Å²) in [6, 6.07) is 4.20. The van der Waals surface area contributed by atoms with E-state index in [0.717, 1.165) is 17.0 Å². The first-order chi connectivity index (χ1) is 16.4. The Morgan fingerprint density at radius 2 is 1.83 bits per heavy atom. The van der Waals surface area contributed by atoms with Gasteiger partial charge in [-0.15, -0.1) is 0 Å². The van der Waals surface area contributed by atoms with E-state index in [9.17, 15) is 36.0 Å². The summed E-state index contributed by atoms with van der Waals surface area (Å²) in [7, 11) is -5.57. The molecule has 10 nitrogen and oxygen atoms in total. The van der Waals surface area contributed by atoms with Gasteiger partial charge in [-0.05, 0) is 55.7 Å². The second-order valence-corrected chi connectivity index (χ2v) is 9.80. The van der Waals surface area contributed by atoms with Crippen LogP contribution in [0.1, 0.15) is 25.3 Å². The molecule has 2 aromatic rings. The van der Waals surface area contributed by atoms with Crippen molar-refractivity contribution in [2.24, 2.45) is 0 Å². The highest BCUT2D eigenvalue weighted by atomic mass is 32.2. The van der Waals surface area contributed by atoms with Crippen molar-refractivity contribution in [1.82, 2.24) is 9.88 Å². The van der Waals surface area contributed by atoms with Gasteiger partial charge >= 0.3 is 17.6 Å². The first-order valence-corrected chi connectivity index (χ1v) is 11.8. The largest absolute Gasteiger partial charge is 0.501 e. The van der Waals surface area contributed by atoms with E-state index >= 15 is 0 Å². The number of pyridine rings is 1. The monoisotopic (exact) mass is 512 g/mol. The summed E-state index contributed by atoms with van der Waals surface area (Å²) in [5.74, 6) is -0.567. The summed E-state index contributed by atoms with van der Waals surface area (Å²) in [5, 5.41) is 2.53. The van der Waals surface area contributed by atoms with E-state index in [1.54, 1.807) is 13.0 Å². The minimum Gasteiger partial charge on any atom is -0.450 e. The number of imide groups is 1. The Labute approximate surface area is 197 Å². The van der Waals surface area contributed by atoms with Crippen molar-refractivity contribution in [2.45, 2.75) is 42.3 Å². The molecule has 1 saturated carbocycles. The highest BCUT2D eigenvalue weighted by Gasteiger charge is 2.65. The minimum absolute atomic E-state index is 0.0606. The van der Waals surface area contributed by atoms with Crippen molar-refractivity contribution in [2.75, 3.05) is 16.8 Å². The number of amides is 4. The van der Waals surface area contributed by atoms with Crippen molar-refractivity contribution in [3.05, 3.63) is 48.3 Å². The molecule has 0 bridgehead atoms. The number of nitrogens with zero attached hydrogens (tertiary/aromatic N) is 3. The molecule has 2 fully saturated rings. The fraction of sp³-hybridized carbons (Fsp3) is 0.333. The Morgan fingerprint density at radius 3 is 2.40 bits per heavy atom. The van der Waals surface area contributed by atoms with Crippen LogP contribution in [0.5, 0.6) is 0 Å². The van der Waals surface area contributed by atoms with Crippen LogP contribution in [0.3, 0.4) is 0 Å². The Balaban J connectivity index is 1.61. The Bertz CT molecular complexity index is 1290. The number of anilines is 2. The Hall–Kier alpha value is -3.68. The second kappa shape index (κ2) is 8.52. The van der Waals surface area contributed by atoms with E-state index in [-0.39, 0.29) is 24.5 Å². The molecule has 1 N–H and O–H groups in total. The molecule has 4 amide bonds. The quantitative estimate of drug-likeness (QED) is 0.588. The van der Waals surface area contributed by atoms with E-state index in [0.29, 0.717) is 30.5 Å². The van der Waals surface area contributed by atoms with E-state index in [1.165, 1.54) is 17.3 Å². The molecule has 186 valence electrons. The predicted molar refractivity (Wildman–Crippen MR) is 115 cm³/mol. The van der Waals surface area contributed by atoms with Gasteiger partial charge in [-0.2, -0.15) is 13.2 Å². The number of hydrogen-bond donors (Lipinski definition) is 1. The Kier molecular flexibility index (Phi) is 5.95. The number of aromatic nitrogens is 1. The molecule has 4 rings (SSSR count). The maximum absolute atomic E-state index is 13.3. The van der Waals surface area contributed by atoms with E-state index in [1.807, 2.05) is 0 Å². The van der Waals surface area contributed by atoms with E-state index in [4.69, 9.17) is 4.74 Å². The van der Waals surface area contributed by atoms with Crippen molar-refractivity contribution in [3.63, 3.8) is 0 Å². The third-order valence-electron chi connectivity index (χ3n) is 5.73. The van der Waals surface area contributed by atoms with Gasteiger partial charge in [0.25, 0.3) is 15.7 Å². The number of carbonyl (C=O) groups is 3. The highest BCUT2D eigenvalue weighted by Crippen LogP contribution is 2.50. The third kappa shape index (κ3) is 4.17. The zero-order valence-electron chi connectivity index (χ0n) is 18.2. The number of sulfone groups is 1. The Morgan fingerprint density at radius 1 is 1.17 bits per heavy atom. The average Bonchev–Trinajstić information content (AvgIpc) is 3.56. The number of carbonyl (C=O) groups excluding carboxylic acids is 3. The van der Waals surface area contributed by atoms with Crippen LogP contribution in [0.4, 0.5) is 34.1 Å². The molecule has 0 radical (unpaired) electrons. The topological polar surface area (TPSA) is 126 Å². The number of ether oxygens (including phenoxy) is 1. The zero-order valence-corrected chi connectivity index (χ0v) is 19.0. The van der Waals surface area contributed by atoms with Gasteiger partial charge in [-0.3, -0.25) is 15.1 Å². The number of nitrogens with one attached hydrogen (secondary N) is 1. The fourth-order valence-electron chi connectivity index (χ4n) is 3.79. The van der Waals surface area contributed by atoms with Crippen LogP contribution in [0.15, 0.2) is 47.6 Å². The number of benzene rings is 1. The van der Waals surface area contributed by atoms with Crippen molar-refractivity contribution >= 4 is 39.2 Å². The highest BCUT2D eigenvalue weighted by molar-refractivity contribution is 7.92. The minimum atomic E-state index is -5.57. The number of hydrogen-bond acceptors (Lipinski definition) is 7. The van der Waals surface area contributed by atoms with Crippen molar-refractivity contribution in [3.8, 4) is 0 Å². The SMILES string of the molecule is CCOC(=O)Nc1cnccc1CN1C(=O)N(c2ccc(S(=O)(=O)C(F)(F)F)cc2)C(=O)C12CC2. The van der Waals surface area contributed by atoms with Gasteiger partial charge in [-0.25, -0.2) is 22.9 Å². The molecule has 0 unspecified atom stereocenters. The number of urea groups is 1. The smallest absolute Gasteiger partial charge is 0.450 e. The summed E-state index contributed by atoms with van der Waals surface area (Å²) >= 11 is 0. The lowest BCUT2D eigenvalue weighted by Gasteiger charge is -2.22. The number of rotatable bonds is 6. The van der Waals surface area contributed by atoms with Crippen LogP contribution < -0.4 is 10.2 Å². The number of alkyl halides is 3. The second-order valence-electron chi connectivity index (χ2n) is 7.86. The lowest BCUT2D eigenvalue weighted by molar-refractivity contribution is -0.120. The molecule has 1 aliphatic carbocycles. The maximum Gasteiger partial charge on any atom is 0.501 e. The molecule has 1 aromatic heterocycles. The molecular weight excluding hydrogens is 493 g/mol. The lowest BCUT2D eigenvalue weighted by atomic mass is 10.1. The summed E-state index contributed by atoms with van der Waals surface area (Å²) in [6.07, 6.45) is 2.85. The first kappa shape index (κ1) is 24.4. The molecule has 35 heavy (non-hydrogen) atoms. The molecule has 1 saturated heterocycles. The van der Waals surface area contributed by atoms with Crippen LogP contribution in [0, 0.1) is 0 Å². The van der Waals surface area contributed by atoms with Gasteiger partial charge in [0.1, 0.15) is 5.54 Å². The summed E-state index contributed by atoms with van der Waals surface area (Å²) in [4.78, 5) is 43.3. The molecule has 0 atom stereocenters. The van der Waals surface area contributed by atoms with Crippen molar-refractivity contribution < 1.29 is 40.7 Å². The fourth-order valence-corrected chi connectivity index (χ4v) is 4.55. The first-order valence-electron chi connectivity index (χ1n) is 10.4. The molecule has 2 heterocycles. The van der Waals surface area contributed by atoms with Gasteiger partial charge < -0.3 is 9.64 Å². The van der Waals surface area contributed by atoms with E-state index in [2.05, 4.69) is 10.3 Å². The van der Waals surface area contributed by atoms with Gasteiger partial charge in [0.15, 0.2) is 0 Å². The average molecular weight is 512 g/mol. The maximum atomic E-state index is 13.3. The molecule has 1 spiro atoms. The van der Waals surface area contributed by atoms with Crippen LogP contribution in [0.2, 0.25) is 0 Å². The van der Waals surface area contributed by atoms with Crippen LogP contribution >= 0.6 is 0 Å². The van der Waals surface area contributed by atoms with Gasteiger partial charge in [0.05, 0.1) is 35.6 Å². The predicted octanol–water partition coefficient (Wildman–Crippen LogP) is 3.44. The van der Waals surface area contributed by atoms with Gasteiger partial charge in [0.2, 0.25) is 0 Å². The van der Waals surface area contributed by atoms with Crippen LogP contribution in [-0.4, -0.2) is 54.0 Å². The summed E-state index contributed by atoms with van der Waals surface area (Å²) in [5.41, 5.74) is -5.91. The molecule has 1 aromatic carbocycles. The molecule has 14 heteroatoms. The molecular formula is C21H19F3N4O6S. The molecule has 1 aliphatic heterocycles. The zero-order chi connectivity index (χ0) is 25.6. The summed E-state index contributed by atoms with van der Waals surface area (Å²) < 4.78 is 66.5. The van der Waals surface area contributed by atoms with Gasteiger partial charge in [0, 0.05) is 6.20 Å². The van der Waals surface area contributed by atoms with Gasteiger partial charge in [-0.1, -0.05) is 0 Å². The number of halogens is 3. The lowest BCUT2D eigenvalue weighted by Crippen LogP contribution is -2.36. The molecule has 2 aliphatic rings. The van der Waals surface area contributed by atoms with Crippen LogP contribution in [0.25, 0.3) is 0 Å². The summed E-state index contributed by atoms with van der Waals surface area (Å²) in [6.45, 7) is 1.71. The van der Waals surface area contributed by atoms with Crippen molar-refractivity contribution in [1.29, 1.82) is 0 Å².